The van der Waals surface area contributed by atoms with Gasteiger partial charge in [-0.2, -0.15) is 11.8 Å². The molecule has 0 unspecified atom stereocenters. The number of rotatable bonds is 6. The molecule has 0 spiro atoms. The fourth-order valence-electron chi connectivity index (χ4n) is 2.97. The number of nitrogens with one attached hydrogen (secondary N) is 1. The highest BCUT2D eigenvalue weighted by Gasteiger charge is 2.53. The first-order valence-electron chi connectivity index (χ1n) is 7.75. The Kier molecular flexibility index (Phi) is 5.39. The van der Waals surface area contributed by atoms with E-state index in [0.29, 0.717) is 11.5 Å². The number of fused-ring (bicyclic) bond motifs is 1. The van der Waals surface area contributed by atoms with Crippen LogP contribution in [0, 0.1) is 0 Å². The maximum atomic E-state index is 12.4. The fraction of sp³-hybridized carbons (Fsp3) is 0.353. The summed E-state index contributed by atoms with van der Waals surface area (Å²) in [5, 5.41) is 11.9. The Morgan fingerprint density at radius 2 is 2.08 bits per heavy atom. The molecule has 132 valence electrons. The topological polar surface area (TPSA) is 86.7 Å². The first kappa shape index (κ1) is 17.9. The summed E-state index contributed by atoms with van der Waals surface area (Å²) in [6.45, 7) is 0. The molecule has 2 aliphatic heterocycles. The summed E-state index contributed by atoms with van der Waals surface area (Å²) < 4.78 is 0. The second-order valence-corrected chi connectivity index (χ2v) is 7.78. The van der Waals surface area contributed by atoms with Gasteiger partial charge in [-0.3, -0.25) is 14.5 Å². The van der Waals surface area contributed by atoms with Crippen molar-refractivity contribution in [1.82, 2.24) is 10.2 Å². The Morgan fingerprint density at radius 1 is 1.36 bits per heavy atom. The van der Waals surface area contributed by atoms with Gasteiger partial charge in [0.2, 0.25) is 5.91 Å². The summed E-state index contributed by atoms with van der Waals surface area (Å²) in [5.74, 6) is -0.537. The molecule has 2 amide bonds. The predicted octanol–water partition coefficient (Wildman–Crippen LogP) is 1.33. The lowest BCUT2D eigenvalue weighted by Gasteiger charge is -2.49. The molecule has 0 radical (unpaired) electrons. The lowest BCUT2D eigenvalue weighted by molar-refractivity contribution is -0.150. The van der Waals surface area contributed by atoms with Crippen LogP contribution in [0.3, 0.4) is 0 Å². The number of hydrogen-bond acceptors (Lipinski definition) is 5. The first-order chi connectivity index (χ1) is 12.0. The highest BCUT2D eigenvalue weighted by molar-refractivity contribution is 8.00. The number of carboxylic acids is 1. The molecule has 2 aliphatic rings. The van der Waals surface area contributed by atoms with Gasteiger partial charge in [-0.25, -0.2) is 4.79 Å². The van der Waals surface area contributed by atoms with Crippen molar-refractivity contribution in [2.75, 3.05) is 17.8 Å². The van der Waals surface area contributed by atoms with Gasteiger partial charge in [-0.1, -0.05) is 30.3 Å². The Hall–Kier alpha value is -1.93. The molecule has 0 aliphatic carbocycles. The van der Waals surface area contributed by atoms with Crippen LogP contribution in [-0.4, -0.2) is 57.0 Å². The molecule has 8 heteroatoms. The predicted molar refractivity (Wildman–Crippen MR) is 98.2 cm³/mol. The normalized spacial score (nSPS) is 22.3. The number of carbonyl (C=O) groups is 3. The Labute approximate surface area is 154 Å². The quantitative estimate of drug-likeness (QED) is 0.727. The molecule has 1 saturated heterocycles. The number of hydrogen-bond donors (Lipinski definition) is 2. The summed E-state index contributed by atoms with van der Waals surface area (Å²) in [6, 6.07) is 8.62. The van der Waals surface area contributed by atoms with Crippen LogP contribution in [0.1, 0.15) is 5.56 Å². The molecular weight excluding hydrogens is 360 g/mol. The van der Waals surface area contributed by atoms with Gasteiger partial charge in [-0.05, 0) is 17.4 Å². The summed E-state index contributed by atoms with van der Waals surface area (Å²) in [5.41, 5.74) is 1.70. The molecule has 0 saturated carbocycles. The molecule has 0 aromatic heterocycles. The van der Waals surface area contributed by atoms with Crippen molar-refractivity contribution in [1.29, 1.82) is 0 Å². The van der Waals surface area contributed by atoms with Gasteiger partial charge in [0.25, 0.3) is 5.91 Å². The van der Waals surface area contributed by atoms with Crippen LogP contribution >= 0.6 is 23.5 Å². The molecule has 1 fully saturated rings. The third-order valence-corrected chi connectivity index (χ3v) is 6.07. The van der Waals surface area contributed by atoms with Crippen molar-refractivity contribution >= 4 is 41.3 Å². The van der Waals surface area contributed by atoms with Crippen LogP contribution < -0.4 is 5.32 Å². The lowest BCUT2D eigenvalue weighted by atomic mass is 10.0. The third kappa shape index (κ3) is 3.55. The fourth-order valence-corrected chi connectivity index (χ4v) is 5.04. The number of β-lactam (4-membered cyclic amide) rings is 1. The third-order valence-electron chi connectivity index (χ3n) is 4.09. The van der Waals surface area contributed by atoms with E-state index in [0.717, 1.165) is 11.1 Å². The van der Waals surface area contributed by atoms with E-state index < -0.39 is 12.0 Å². The molecule has 2 atom stereocenters. The van der Waals surface area contributed by atoms with Crippen molar-refractivity contribution in [3.8, 4) is 0 Å². The number of thioether (sulfide) groups is 2. The van der Waals surface area contributed by atoms with Gasteiger partial charge < -0.3 is 10.4 Å². The lowest BCUT2D eigenvalue weighted by Crippen LogP contribution is -2.70. The minimum absolute atomic E-state index is 0.0802. The van der Waals surface area contributed by atoms with Crippen molar-refractivity contribution in [2.45, 2.75) is 17.8 Å². The molecule has 1 aromatic rings. The molecule has 3 rings (SSSR count). The van der Waals surface area contributed by atoms with Gasteiger partial charge in [0.1, 0.15) is 17.1 Å². The average Bonchev–Trinajstić information content (AvgIpc) is 2.60. The van der Waals surface area contributed by atoms with Crippen LogP contribution in [0.2, 0.25) is 0 Å². The van der Waals surface area contributed by atoms with Gasteiger partial charge in [0.05, 0.1) is 6.42 Å². The van der Waals surface area contributed by atoms with Crippen LogP contribution in [-0.2, 0) is 20.8 Å². The van der Waals surface area contributed by atoms with E-state index in [1.807, 2.05) is 36.6 Å². The molecule has 2 heterocycles. The van der Waals surface area contributed by atoms with Gasteiger partial charge >= 0.3 is 5.97 Å². The maximum Gasteiger partial charge on any atom is 0.352 e. The van der Waals surface area contributed by atoms with E-state index in [1.54, 1.807) is 0 Å². The number of carboxylic acid groups (broad SMARTS) is 1. The Morgan fingerprint density at radius 3 is 2.72 bits per heavy atom. The van der Waals surface area contributed by atoms with Crippen LogP contribution in [0.4, 0.5) is 0 Å². The van der Waals surface area contributed by atoms with Crippen molar-refractivity contribution in [2.24, 2.45) is 0 Å². The van der Waals surface area contributed by atoms with Crippen molar-refractivity contribution in [3.63, 3.8) is 0 Å². The highest BCUT2D eigenvalue weighted by Crippen LogP contribution is 2.40. The summed E-state index contributed by atoms with van der Waals surface area (Å²) >= 11 is 3.03. The number of benzene rings is 1. The summed E-state index contributed by atoms with van der Waals surface area (Å²) in [4.78, 5) is 37.5. The van der Waals surface area contributed by atoms with Crippen molar-refractivity contribution < 1.29 is 19.5 Å². The summed E-state index contributed by atoms with van der Waals surface area (Å²) in [7, 11) is 0. The zero-order valence-electron chi connectivity index (χ0n) is 13.6. The highest BCUT2D eigenvalue weighted by atomic mass is 32.2. The zero-order chi connectivity index (χ0) is 18.0. The maximum absolute atomic E-state index is 12.4. The van der Waals surface area contributed by atoms with E-state index in [1.165, 1.54) is 28.4 Å². The smallest absolute Gasteiger partial charge is 0.352 e. The Bertz CT molecular complexity index is 735. The zero-order valence-corrected chi connectivity index (χ0v) is 15.2. The van der Waals surface area contributed by atoms with Gasteiger partial charge in [0, 0.05) is 11.5 Å². The Balaban J connectivity index is 1.69. The van der Waals surface area contributed by atoms with E-state index >= 15 is 0 Å². The van der Waals surface area contributed by atoms with Gasteiger partial charge in [-0.15, -0.1) is 11.8 Å². The molecule has 0 bridgehead atoms. The molecule has 6 nitrogen and oxygen atoms in total. The molecule has 2 N–H and O–H groups in total. The largest absolute Gasteiger partial charge is 0.477 e. The van der Waals surface area contributed by atoms with Crippen LogP contribution in [0.15, 0.2) is 41.6 Å². The van der Waals surface area contributed by atoms with E-state index in [4.69, 9.17) is 0 Å². The monoisotopic (exact) mass is 378 g/mol. The minimum atomic E-state index is -1.09. The van der Waals surface area contributed by atoms with Gasteiger partial charge in [0.15, 0.2) is 0 Å². The van der Waals surface area contributed by atoms with Crippen LogP contribution in [0.25, 0.3) is 0 Å². The van der Waals surface area contributed by atoms with Crippen molar-refractivity contribution in [3.05, 3.63) is 47.2 Å². The number of aliphatic carboxylic acids is 1. The van der Waals surface area contributed by atoms with E-state index in [-0.39, 0.29) is 29.3 Å². The van der Waals surface area contributed by atoms with Crippen LogP contribution in [0.5, 0.6) is 0 Å². The molecular formula is C17H18N2O4S2. The second kappa shape index (κ2) is 7.53. The SMILES string of the molecule is CSCC1=C(C(=O)O)N2C(=O)[C@@H](NC(=O)Cc3ccccc3)[C@H]2SC1. The number of carbonyl (C=O) groups excluding carboxylic acids is 2. The minimum Gasteiger partial charge on any atom is -0.477 e. The first-order valence-corrected chi connectivity index (χ1v) is 10.2. The number of amides is 2. The summed E-state index contributed by atoms with van der Waals surface area (Å²) in [6.07, 6.45) is 2.09. The number of nitrogens with zero attached hydrogens (tertiary/aromatic N) is 1. The standard InChI is InChI=1S/C17H18N2O4S2/c1-24-8-11-9-25-16-13(15(21)19(16)14(11)17(22)23)18-12(20)7-10-5-3-2-4-6-10/h2-6,13,16H,7-9H2,1H3,(H,18,20)(H,22,23)/t13-,16-/m1/s1. The van der Waals surface area contributed by atoms with E-state index in [9.17, 15) is 19.5 Å². The van der Waals surface area contributed by atoms with E-state index in [2.05, 4.69) is 5.32 Å². The molecule has 1 aromatic carbocycles. The average molecular weight is 378 g/mol. The second-order valence-electron chi connectivity index (χ2n) is 5.81. The molecule has 25 heavy (non-hydrogen) atoms.